The summed E-state index contributed by atoms with van der Waals surface area (Å²) in [6.07, 6.45) is -4.89. The van der Waals surface area contributed by atoms with Gasteiger partial charge in [0.25, 0.3) is 5.91 Å². The number of nitrogens with two attached hydrogens (primary N) is 1. The first-order valence-electron chi connectivity index (χ1n) is 14.9. The van der Waals surface area contributed by atoms with Crippen LogP contribution in [0, 0.1) is 11.8 Å². The third-order valence-electron chi connectivity index (χ3n) is 9.04. The Balaban J connectivity index is 1.49. The van der Waals surface area contributed by atoms with Gasteiger partial charge in [0, 0.05) is 49.1 Å². The molecule has 3 aliphatic rings. The minimum absolute atomic E-state index is 0.0673. The van der Waals surface area contributed by atoms with Gasteiger partial charge in [0.05, 0.1) is 11.6 Å². The van der Waals surface area contributed by atoms with E-state index < -0.39 is 81.9 Å². The number of alkyl halides is 3. The number of aliphatic hydroxyl groups excluding tert-OH is 2. The van der Waals surface area contributed by atoms with Crippen molar-refractivity contribution in [2.75, 3.05) is 38.4 Å². The molecule has 17 heteroatoms. The van der Waals surface area contributed by atoms with E-state index in [9.17, 15) is 52.8 Å². The first-order chi connectivity index (χ1) is 22.8. The topological polar surface area (TPSA) is 215 Å². The maximum absolute atomic E-state index is 14.1. The van der Waals surface area contributed by atoms with Crippen LogP contribution in [0.15, 0.2) is 47.2 Å². The summed E-state index contributed by atoms with van der Waals surface area (Å²) >= 11 is 0. The number of nitrogens with one attached hydrogen (secondary N) is 2. The lowest BCUT2D eigenvalue weighted by atomic mass is 9.57. The summed E-state index contributed by atoms with van der Waals surface area (Å²) in [5, 5.41) is 50.8. The number of aromatic hydroxyl groups is 1. The fraction of sp³-hybridized carbons (Fsp3) is 0.375. The predicted octanol–water partition coefficient (Wildman–Crippen LogP) is 2.25. The lowest BCUT2D eigenvalue weighted by molar-refractivity contribution is -0.274. The Kier molecular flexibility index (Phi) is 8.80. The number of hydrogen-bond acceptors (Lipinski definition) is 11. The first kappa shape index (κ1) is 35.0. The zero-order chi connectivity index (χ0) is 36.3. The van der Waals surface area contributed by atoms with Gasteiger partial charge in [-0.15, -0.1) is 13.2 Å². The molecule has 1 saturated carbocycles. The molecule has 0 aliphatic heterocycles. The number of phenolic OH excluding ortho intramolecular Hbond substituents is 1. The number of hydrogen-bond donors (Lipinski definition) is 7. The highest BCUT2D eigenvalue weighted by molar-refractivity contribution is 6.24. The SMILES string of the molecule is CN(C)c1cc(CNC(=O)Nc2ccc(OC(F)(F)F)cc2)c(O)c2c1CC1CC3C(N(C)C)C(=O)C(C(N)=O)=C(O)C3(O)C(=O)C1=C2O. The number of nitrogens with zero attached hydrogens (tertiary/aromatic N) is 2. The third-order valence-corrected chi connectivity index (χ3v) is 9.04. The van der Waals surface area contributed by atoms with Crippen LogP contribution in [0.4, 0.5) is 29.3 Å². The van der Waals surface area contributed by atoms with Crippen molar-refractivity contribution in [3.63, 3.8) is 0 Å². The summed E-state index contributed by atoms with van der Waals surface area (Å²) in [4.78, 5) is 55.3. The first-order valence-corrected chi connectivity index (χ1v) is 14.9. The lowest BCUT2D eigenvalue weighted by Crippen LogP contribution is -2.65. The number of fused-ring (bicyclic) bond motifs is 3. The minimum atomic E-state index is -4.88. The van der Waals surface area contributed by atoms with E-state index in [-0.39, 0.29) is 41.8 Å². The highest BCUT2D eigenvalue weighted by Crippen LogP contribution is 2.54. The lowest BCUT2D eigenvalue weighted by Gasteiger charge is -2.50. The second kappa shape index (κ2) is 12.3. The number of carbonyl (C=O) groups is 4. The average Bonchev–Trinajstić information content (AvgIpc) is 2.98. The van der Waals surface area contributed by atoms with E-state index >= 15 is 0 Å². The maximum atomic E-state index is 14.1. The number of ether oxygens (including phenoxy) is 1. The monoisotopic (exact) mass is 689 g/mol. The normalized spacial score (nSPS) is 23.5. The Bertz CT molecular complexity index is 1820. The van der Waals surface area contributed by atoms with Gasteiger partial charge in [0.1, 0.15) is 28.6 Å². The van der Waals surface area contributed by atoms with Crippen LogP contribution in [0.5, 0.6) is 11.5 Å². The van der Waals surface area contributed by atoms with Crippen LogP contribution in [-0.2, 0) is 27.3 Å². The van der Waals surface area contributed by atoms with Crippen molar-refractivity contribution in [3.05, 3.63) is 63.9 Å². The molecule has 4 atom stereocenters. The second-order valence-corrected chi connectivity index (χ2v) is 12.5. The molecule has 0 heterocycles. The Morgan fingerprint density at radius 1 is 1.08 bits per heavy atom. The van der Waals surface area contributed by atoms with Gasteiger partial charge < -0.3 is 46.4 Å². The molecule has 5 rings (SSSR count). The number of aliphatic hydroxyl groups is 3. The summed E-state index contributed by atoms with van der Waals surface area (Å²) in [7, 11) is 6.41. The molecule has 4 unspecified atom stereocenters. The van der Waals surface area contributed by atoms with Crippen molar-refractivity contribution in [2.24, 2.45) is 17.6 Å². The molecule has 0 bridgehead atoms. The van der Waals surface area contributed by atoms with Gasteiger partial charge in [-0.1, -0.05) is 0 Å². The number of amides is 3. The van der Waals surface area contributed by atoms with Gasteiger partial charge in [-0.05, 0) is 68.8 Å². The number of halogens is 3. The molecule has 0 saturated heterocycles. The average molecular weight is 690 g/mol. The van der Waals surface area contributed by atoms with Crippen molar-refractivity contribution in [1.82, 2.24) is 10.2 Å². The van der Waals surface area contributed by atoms with Crippen LogP contribution in [0.2, 0.25) is 0 Å². The van der Waals surface area contributed by atoms with Crippen LogP contribution in [0.3, 0.4) is 0 Å². The molecule has 262 valence electrons. The number of anilines is 2. The van der Waals surface area contributed by atoms with E-state index in [2.05, 4.69) is 15.4 Å². The molecular weight excluding hydrogens is 655 g/mol. The number of carbonyl (C=O) groups excluding carboxylic acids is 4. The van der Waals surface area contributed by atoms with Gasteiger partial charge in [-0.2, -0.15) is 0 Å². The third kappa shape index (κ3) is 5.99. The van der Waals surface area contributed by atoms with Crippen LogP contribution < -0.4 is 26.0 Å². The van der Waals surface area contributed by atoms with Crippen molar-refractivity contribution < 1.29 is 57.5 Å². The number of likely N-dealkylation sites (N-methyl/N-ethyl adjacent to an activating group) is 1. The van der Waals surface area contributed by atoms with Gasteiger partial charge in [0.2, 0.25) is 5.78 Å². The van der Waals surface area contributed by atoms with Crippen molar-refractivity contribution in [3.8, 4) is 11.5 Å². The van der Waals surface area contributed by atoms with E-state index in [1.165, 1.54) is 31.1 Å². The molecular formula is C32H34F3N5O9. The highest BCUT2D eigenvalue weighted by Gasteiger charge is 2.64. The van der Waals surface area contributed by atoms with Gasteiger partial charge in [0.15, 0.2) is 11.4 Å². The fourth-order valence-corrected chi connectivity index (χ4v) is 6.97. The Morgan fingerprint density at radius 2 is 1.71 bits per heavy atom. The summed E-state index contributed by atoms with van der Waals surface area (Å²) in [6, 6.07) is 3.94. The zero-order valence-corrected chi connectivity index (χ0v) is 26.7. The standard InChI is InChI=1S/C32H34F3N5O9/c1-39(2)19-11-14(12-37-30(47)38-15-5-7-16(8-6-15)49-32(33,34)35)24(41)21-17(19)9-13-10-18-23(40(3)4)26(43)22(29(36)46)28(45)31(18,48)27(44)20(13)25(21)42/h5-8,11,13,18,23,41-42,45,48H,9-10,12H2,1-4H3,(H2,36,46)(H2,37,38,47). The molecule has 8 N–H and O–H groups in total. The molecule has 3 amide bonds. The van der Waals surface area contributed by atoms with Crippen molar-refractivity contribution in [2.45, 2.75) is 37.4 Å². The summed E-state index contributed by atoms with van der Waals surface area (Å²) in [6.45, 7) is -0.314. The van der Waals surface area contributed by atoms with E-state index in [0.29, 0.717) is 11.3 Å². The van der Waals surface area contributed by atoms with E-state index in [4.69, 9.17) is 5.73 Å². The minimum Gasteiger partial charge on any atom is -0.508 e. The van der Waals surface area contributed by atoms with Crippen LogP contribution in [-0.4, -0.2) is 95.0 Å². The molecule has 14 nitrogen and oxygen atoms in total. The summed E-state index contributed by atoms with van der Waals surface area (Å²) in [5.41, 5.74) is 2.35. The molecule has 3 aliphatic carbocycles. The Labute approximate surface area is 277 Å². The smallest absolute Gasteiger partial charge is 0.508 e. The molecule has 49 heavy (non-hydrogen) atoms. The molecule has 0 aromatic heterocycles. The molecule has 2 aromatic rings. The van der Waals surface area contributed by atoms with E-state index in [1.807, 2.05) is 0 Å². The summed E-state index contributed by atoms with van der Waals surface area (Å²) in [5.74, 6) is -8.23. The zero-order valence-electron chi connectivity index (χ0n) is 26.7. The van der Waals surface area contributed by atoms with Crippen LogP contribution in [0.25, 0.3) is 5.76 Å². The fourth-order valence-electron chi connectivity index (χ4n) is 6.97. The largest absolute Gasteiger partial charge is 0.573 e. The number of Topliss-reactive ketones (excluding diaryl/α,β-unsaturated/α-hetero) is 2. The van der Waals surface area contributed by atoms with Gasteiger partial charge in [-0.25, -0.2) is 4.79 Å². The second-order valence-electron chi connectivity index (χ2n) is 12.5. The number of ketones is 2. The Hall–Kier alpha value is -5.29. The Morgan fingerprint density at radius 3 is 2.27 bits per heavy atom. The maximum Gasteiger partial charge on any atom is 0.573 e. The number of benzene rings is 2. The summed E-state index contributed by atoms with van der Waals surface area (Å²) < 4.78 is 41.1. The molecule has 2 aromatic carbocycles. The molecule has 0 radical (unpaired) electrons. The van der Waals surface area contributed by atoms with Crippen LogP contribution >= 0.6 is 0 Å². The van der Waals surface area contributed by atoms with Crippen LogP contribution in [0.1, 0.15) is 23.1 Å². The predicted molar refractivity (Wildman–Crippen MR) is 168 cm³/mol. The number of rotatable bonds is 7. The quantitative estimate of drug-likeness (QED) is 0.209. The van der Waals surface area contributed by atoms with E-state index in [1.54, 1.807) is 25.1 Å². The van der Waals surface area contributed by atoms with E-state index in [0.717, 1.165) is 12.1 Å². The number of phenols is 1. The van der Waals surface area contributed by atoms with Gasteiger partial charge >= 0.3 is 12.4 Å². The van der Waals surface area contributed by atoms with Crippen molar-refractivity contribution >= 4 is 40.6 Å². The molecule has 0 spiro atoms. The van der Waals surface area contributed by atoms with Gasteiger partial charge in [-0.3, -0.25) is 19.3 Å². The number of urea groups is 1. The highest BCUT2D eigenvalue weighted by atomic mass is 19.4. The number of primary amides is 1. The molecule has 1 fully saturated rings. The van der Waals surface area contributed by atoms with Crippen molar-refractivity contribution in [1.29, 1.82) is 0 Å².